The van der Waals surface area contributed by atoms with Gasteiger partial charge in [0.05, 0.1) is 6.54 Å². The molecule has 7 heteroatoms. The standard InChI is InChI=1S/C6H12N4O3/c7-4(11)6(12)1-2-10(3-6)5(8)9-13/h12-13H,1-3H2,(H2,7,11)(H2,8,9). The Morgan fingerprint density at radius 2 is 2.15 bits per heavy atom. The van der Waals surface area contributed by atoms with Gasteiger partial charge in [0.1, 0.15) is 0 Å². The van der Waals surface area contributed by atoms with Crippen molar-refractivity contribution < 1.29 is 15.1 Å². The van der Waals surface area contributed by atoms with E-state index < -0.39 is 11.5 Å². The van der Waals surface area contributed by atoms with Crippen molar-refractivity contribution in [3.8, 4) is 0 Å². The SMILES string of the molecule is NC(=O)C1(O)CCN(/C(N)=N/O)C1. The molecule has 0 saturated carbocycles. The minimum absolute atomic E-state index is 0.0295. The van der Waals surface area contributed by atoms with E-state index in [0.717, 1.165) is 0 Å². The second-order valence-corrected chi connectivity index (χ2v) is 3.03. The zero-order chi connectivity index (χ0) is 10.1. The summed E-state index contributed by atoms with van der Waals surface area (Å²) < 4.78 is 0. The highest BCUT2D eigenvalue weighted by atomic mass is 16.4. The number of likely N-dealkylation sites (tertiary alicyclic amines) is 1. The Labute approximate surface area is 74.6 Å². The van der Waals surface area contributed by atoms with Gasteiger partial charge in [-0.2, -0.15) is 0 Å². The molecule has 1 aliphatic rings. The van der Waals surface area contributed by atoms with E-state index in [9.17, 15) is 9.90 Å². The third kappa shape index (κ3) is 1.64. The zero-order valence-corrected chi connectivity index (χ0v) is 6.97. The summed E-state index contributed by atoms with van der Waals surface area (Å²) in [6, 6.07) is 0. The number of guanidine groups is 1. The summed E-state index contributed by atoms with van der Waals surface area (Å²) >= 11 is 0. The van der Waals surface area contributed by atoms with Crippen LogP contribution in [0, 0.1) is 0 Å². The van der Waals surface area contributed by atoms with Crippen molar-refractivity contribution in [1.82, 2.24) is 4.90 Å². The highest BCUT2D eigenvalue weighted by molar-refractivity contribution is 5.86. The van der Waals surface area contributed by atoms with Gasteiger partial charge in [0.15, 0.2) is 5.60 Å². The monoisotopic (exact) mass is 188 g/mol. The first-order valence-electron chi connectivity index (χ1n) is 3.74. The van der Waals surface area contributed by atoms with E-state index in [2.05, 4.69) is 5.16 Å². The van der Waals surface area contributed by atoms with E-state index in [-0.39, 0.29) is 18.9 Å². The lowest BCUT2D eigenvalue weighted by Gasteiger charge is -2.19. The maximum absolute atomic E-state index is 10.8. The Balaban J connectivity index is 2.69. The van der Waals surface area contributed by atoms with Gasteiger partial charge in [-0.15, -0.1) is 0 Å². The molecule has 0 spiro atoms. The van der Waals surface area contributed by atoms with Gasteiger partial charge < -0.3 is 26.7 Å². The summed E-state index contributed by atoms with van der Waals surface area (Å²) in [4.78, 5) is 12.2. The fourth-order valence-electron chi connectivity index (χ4n) is 1.25. The largest absolute Gasteiger partial charge is 0.408 e. The normalized spacial score (nSPS) is 29.3. The van der Waals surface area contributed by atoms with Crippen molar-refractivity contribution in [2.45, 2.75) is 12.0 Å². The smallest absolute Gasteiger partial charge is 0.251 e. The molecule has 1 amide bonds. The molecule has 7 nitrogen and oxygen atoms in total. The molecule has 0 bridgehead atoms. The summed E-state index contributed by atoms with van der Waals surface area (Å²) in [5, 5.41) is 20.7. The van der Waals surface area contributed by atoms with Gasteiger partial charge in [0.2, 0.25) is 5.96 Å². The predicted molar refractivity (Wildman–Crippen MR) is 43.7 cm³/mol. The number of aliphatic hydroxyl groups is 1. The first kappa shape index (κ1) is 9.59. The molecule has 0 aliphatic carbocycles. The molecule has 0 aromatic carbocycles. The van der Waals surface area contributed by atoms with Gasteiger partial charge in [-0.25, -0.2) is 0 Å². The van der Waals surface area contributed by atoms with Crippen LogP contribution in [-0.4, -0.2) is 45.8 Å². The first-order chi connectivity index (χ1) is 5.99. The third-order valence-electron chi connectivity index (χ3n) is 2.13. The van der Waals surface area contributed by atoms with Crippen molar-refractivity contribution in [2.24, 2.45) is 16.6 Å². The lowest BCUT2D eigenvalue weighted by atomic mass is 10.0. The molecular formula is C6H12N4O3. The summed E-state index contributed by atoms with van der Waals surface area (Å²) in [6.07, 6.45) is 0.193. The number of β-amino-alcohol motifs (C(OH)–C–C–N with tert-alkyl or cyclic N) is 1. The fraction of sp³-hybridized carbons (Fsp3) is 0.667. The number of hydrogen-bond acceptors (Lipinski definition) is 4. The van der Waals surface area contributed by atoms with Crippen LogP contribution < -0.4 is 11.5 Å². The van der Waals surface area contributed by atoms with Crippen molar-refractivity contribution in [1.29, 1.82) is 0 Å². The molecule has 1 heterocycles. The predicted octanol–water partition coefficient (Wildman–Crippen LogP) is -2.39. The van der Waals surface area contributed by atoms with Gasteiger partial charge in [0.25, 0.3) is 5.91 Å². The highest BCUT2D eigenvalue weighted by Crippen LogP contribution is 2.20. The van der Waals surface area contributed by atoms with Crippen LogP contribution in [0.5, 0.6) is 0 Å². The summed E-state index contributed by atoms with van der Waals surface area (Å²) in [6.45, 7) is 0.313. The number of carbonyl (C=O) groups is 1. The summed E-state index contributed by atoms with van der Waals surface area (Å²) in [5.74, 6) is -0.919. The minimum atomic E-state index is -1.56. The molecule has 74 valence electrons. The Morgan fingerprint density at radius 3 is 2.54 bits per heavy atom. The molecule has 1 aliphatic heterocycles. The van der Waals surface area contributed by atoms with Gasteiger partial charge in [-0.3, -0.25) is 4.79 Å². The topological polar surface area (TPSA) is 125 Å². The molecule has 0 radical (unpaired) electrons. The molecule has 1 unspecified atom stereocenters. The Morgan fingerprint density at radius 1 is 1.54 bits per heavy atom. The Kier molecular flexibility index (Phi) is 2.28. The number of nitrogens with zero attached hydrogens (tertiary/aromatic N) is 2. The van der Waals surface area contributed by atoms with Gasteiger partial charge >= 0.3 is 0 Å². The van der Waals surface area contributed by atoms with E-state index in [0.29, 0.717) is 6.54 Å². The second-order valence-electron chi connectivity index (χ2n) is 3.03. The van der Waals surface area contributed by atoms with E-state index in [4.69, 9.17) is 16.7 Å². The van der Waals surface area contributed by atoms with Crippen molar-refractivity contribution in [3.63, 3.8) is 0 Å². The van der Waals surface area contributed by atoms with Crippen LogP contribution in [0.25, 0.3) is 0 Å². The molecular weight excluding hydrogens is 176 g/mol. The molecule has 0 aromatic rings. The quantitative estimate of drug-likeness (QED) is 0.158. The number of amides is 1. The van der Waals surface area contributed by atoms with Crippen molar-refractivity contribution in [2.75, 3.05) is 13.1 Å². The van der Waals surface area contributed by atoms with Crippen molar-refractivity contribution >= 4 is 11.9 Å². The van der Waals surface area contributed by atoms with Crippen LogP contribution >= 0.6 is 0 Å². The number of nitrogens with two attached hydrogens (primary N) is 2. The Bertz CT molecular complexity index is 254. The van der Waals surface area contributed by atoms with Gasteiger partial charge in [0, 0.05) is 13.0 Å². The fourth-order valence-corrected chi connectivity index (χ4v) is 1.25. The molecule has 1 rings (SSSR count). The van der Waals surface area contributed by atoms with Crippen LogP contribution in [-0.2, 0) is 4.79 Å². The second kappa shape index (κ2) is 3.09. The van der Waals surface area contributed by atoms with E-state index >= 15 is 0 Å². The third-order valence-corrected chi connectivity index (χ3v) is 2.13. The van der Waals surface area contributed by atoms with Crippen LogP contribution in [0.3, 0.4) is 0 Å². The summed E-state index contributed by atoms with van der Waals surface area (Å²) in [5.41, 5.74) is 8.68. The van der Waals surface area contributed by atoms with Crippen LogP contribution in [0.4, 0.5) is 0 Å². The van der Waals surface area contributed by atoms with E-state index in [1.807, 2.05) is 0 Å². The number of carbonyl (C=O) groups excluding carboxylic acids is 1. The van der Waals surface area contributed by atoms with Gasteiger partial charge in [-0.05, 0) is 0 Å². The molecule has 1 fully saturated rings. The first-order valence-corrected chi connectivity index (χ1v) is 3.74. The maximum atomic E-state index is 10.8. The molecule has 0 aromatic heterocycles. The molecule has 6 N–H and O–H groups in total. The van der Waals surface area contributed by atoms with Crippen LogP contribution in [0.1, 0.15) is 6.42 Å². The zero-order valence-electron chi connectivity index (χ0n) is 6.97. The molecule has 1 saturated heterocycles. The average Bonchev–Trinajstić information content (AvgIpc) is 2.48. The molecule has 13 heavy (non-hydrogen) atoms. The lowest BCUT2D eigenvalue weighted by molar-refractivity contribution is -0.134. The van der Waals surface area contributed by atoms with Crippen molar-refractivity contribution in [3.05, 3.63) is 0 Å². The van der Waals surface area contributed by atoms with Crippen LogP contribution in [0.15, 0.2) is 5.16 Å². The number of hydrogen-bond donors (Lipinski definition) is 4. The number of oxime groups is 1. The van der Waals surface area contributed by atoms with Gasteiger partial charge in [-0.1, -0.05) is 5.16 Å². The number of rotatable bonds is 1. The van der Waals surface area contributed by atoms with Crippen LogP contribution in [0.2, 0.25) is 0 Å². The van der Waals surface area contributed by atoms with E-state index in [1.165, 1.54) is 4.90 Å². The lowest BCUT2D eigenvalue weighted by Crippen LogP contribution is -2.47. The Hall–Kier alpha value is -1.50. The molecule has 1 atom stereocenters. The number of primary amides is 1. The minimum Gasteiger partial charge on any atom is -0.408 e. The average molecular weight is 188 g/mol. The highest BCUT2D eigenvalue weighted by Gasteiger charge is 2.42. The summed E-state index contributed by atoms with van der Waals surface area (Å²) in [7, 11) is 0. The van der Waals surface area contributed by atoms with E-state index in [1.54, 1.807) is 0 Å². The maximum Gasteiger partial charge on any atom is 0.251 e.